The lowest BCUT2D eigenvalue weighted by atomic mass is 10.1. The Kier molecular flexibility index (Phi) is 8.82. The minimum absolute atomic E-state index is 0.0907. The summed E-state index contributed by atoms with van der Waals surface area (Å²) in [6, 6.07) is 12.7. The highest BCUT2D eigenvalue weighted by atomic mass is 35.5. The lowest BCUT2D eigenvalue weighted by Gasteiger charge is -2.34. The zero-order valence-corrected chi connectivity index (χ0v) is 23.2. The normalized spacial score (nSPS) is 14.9. The maximum absolute atomic E-state index is 13.2. The Balaban J connectivity index is 1.14. The molecule has 0 atom stereocenters. The molecule has 1 N–H and O–H groups in total. The highest BCUT2D eigenvalue weighted by Crippen LogP contribution is 2.33. The van der Waals surface area contributed by atoms with E-state index in [1.54, 1.807) is 41.7 Å². The maximum atomic E-state index is 13.2. The van der Waals surface area contributed by atoms with Crippen LogP contribution in [0.15, 0.2) is 47.8 Å². The van der Waals surface area contributed by atoms with Crippen LogP contribution in [0.2, 0.25) is 5.02 Å². The number of methoxy groups -OCH3 is 1. The van der Waals surface area contributed by atoms with E-state index in [0.29, 0.717) is 47.7 Å². The predicted molar refractivity (Wildman–Crippen MR) is 149 cm³/mol. The number of fused-ring (bicyclic) bond motifs is 1. The maximum Gasteiger partial charge on any atom is 0.322 e. The van der Waals surface area contributed by atoms with E-state index in [4.69, 9.17) is 25.8 Å². The number of nitrogens with zero attached hydrogens (tertiary/aromatic N) is 4. The summed E-state index contributed by atoms with van der Waals surface area (Å²) in [5, 5.41) is 5.83. The molecule has 39 heavy (non-hydrogen) atoms. The van der Waals surface area contributed by atoms with E-state index < -0.39 is 0 Å². The van der Waals surface area contributed by atoms with Crippen molar-refractivity contribution in [3.05, 3.63) is 69.1 Å². The van der Waals surface area contributed by atoms with Gasteiger partial charge in [-0.1, -0.05) is 23.7 Å². The van der Waals surface area contributed by atoms with Crippen molar-refractivity contribution in [2.45, 2.75) is 13.1 Å². The second-order valence-corrected chi connectivity index (χ2v) is 10.6. The molecule has 1 fully saturated rings. The molecule has 2 aliphatic heterocycles. The number of hydrogen-bond donors (Lipinski definition) is 1. The molecule has 5 rings (SSSR count). The van der Waals surface area contributed by atoms with Gasteiger partial charge >= 0.3 is 6.03 Å². The zero-order chi connectivity index (χ0) is 27.2. The van der Waals surface area contributed by atoms with Crippen LogP contribution < -0.4 is 14.8 Å². The van der Waals surface area contributed by atoms with E-state index in [2.05, 4.69) is 15.2 Å². The number of amides is 3. The molecule has 1 aromatic heterocycles. The molecular formula is C27H30ClN5O5S. The first kappa shape index (κ1) is 27.2. The van der Waals surface area contributed by atoms with Crippen molar-refractivity contribution in [1.29, 1.82) is 0 Å². The van der Waals surface area contributed by atoms with Crippen molar-refractivity contribution >= 4 is 40.6 Å². The molecule has 0 radical (unpaired) electrons. The smallest absolute Gasteiger partial charge is 0.322 e. The van der Waals surface area contributed by atoms with E-state index in [1.165, 1.54) is 11.3 Å². The van der Waals surface area contributed by atoms with Gasteiger partial charge in [0.15, 0.2) is 11.5 Å². The van der Waals surface area contributed by atoms with Crippen molar-refractivity contribution in [2.75, 3.05) is 58.6 Å². The first-order valence-electron chi connectivity index (χ1n) is 12.6. The van der Waals surface area contributed by atoms with Crippen molar-refractivity contribution in [3.8, 4) is 11.5 Å². The highest BCUT2D eigenvalue weighted by molar-refractivity contribution is 7.09. The summed E-state index contributed by atoms with van der Waals surface area (Å²) in [7, 11) is 1.59. The fraction of sp³-hybridized carbons (Fsp3) is 0.370. The Morgan fingerprint density at radius 3 is 2.74 bits per heavy atom. The molecule has 0 saturated carbocycles. The van der Waals surface area contributed by atoms with Crippen LogP contribution in [-0.4, -0.2) is 84.9 Å². The summed E-state index contributed by atoms with van der Waals surface area (Å²) in [6.07, 6.45) is 0. The zero-order valence-electron chi connectivity index (χ0n) is 21.6. The molecule has 0 unspecified atom stereocenters. The third kappa shape index (κ3) is 6.99. The van der Waals surface area contributed by atoms with E-state index in [1.807, 2.05) is 23.1 Å². The van der Waals surface area contributed by atoms with Crippen molar-refractivity contribution in [3.63, 3.8) is 0 Å². The highest BCUT2D eigenvalue weighted by Gasteiger charge is 2.25. The van der Waals surface area contributed by atoms with Crippen LogP contribution in [0.3, 0.4) is 0 Å². The Bertz CT molecular complexity index is 1310. The van der Waals surface area contributed by atoms with Crippen molar-refractivity contribution < 1.29 is 23.8 Å². The number of piperazine rings is 1. The minimum atomic E-state index is -0.295. The van der Waals surface area contributed by atoms with Gasteiger partial charge in [-0.2, -0.15) is 0 Å². The van der Waals surface area contributed by atoms with Gasteiger partial charge in [0, 0.05) is 62.5 Å². The molecule has 12 heteroatoms. The van der Waals surface area contributed by atoms with Crippen LogP contribution in [0.1, 0.15) is 21.1 Å². The Hall–Kier alpha value is -3.38. The summed E-state index contributed by atoms with van der Waals surface area (Å²) >= 11 is 7.41. The summed E-state index contributed by atoms with van der Waals surface area (Å²) in [5.41, 5.74) is 2.16. The fourth-order valence-corrected chi connectivity index (χ4v) is 5.41. The van der Waals surface area contributed by atoms with E-state index >= 15 is 0 Å². The molecule has 3 heterocycles. The summed E-state index contributed by atoms with van der Waals surface area (Å²) < 4.78 is 16.0. The molecule has 10 nitrogen and oxygen atoms in total. The molecule has 1 saturated heterocycles. The second-order valence-electron chi connectivity index (χ2n) is 9.24. The first-order chi connectivity index (χ1) is 19.0. The fourth-order valence-electron chi connectivity index (χ4n) is 4.44. The summed E-state index contributed by atoms with van der Waals surface area (Å²) in [4.78, 5) is 36.4. The molecule has 3 amide bonds. The van der Waals surface area contributed by atoms with Gasteiger partial charge in [-0.15, -0.1) is 11.3 Å². The van der Waals surface area contributed by atoms with Crippen LogP contribution in [0.5, 0.6) is 11.5 Å². The van der Waals surface area contributed by atoms with E-state index in [0.717, 1.165) is 36.7 Å². The van der Waals surface area contributed by atoms with E-state index in [-0.39, 0.29) is 25.3 Å². The molecule has 0 spiro atoms. The second kappa shape index (κ2) is 12.6. The van der Waals surface area contributed by atoms with Gasteiger partial charge in [-0.05, 0) is 35.9 Å². The lowest BCUT2D eigenvalue weighted by Crippen LogP contribution is -2.48. The van der Waals surface area contributed by atoms with Gasteiger partial charge < -0.3 is 29.3 Å². The Morgan fingerprint density at radius 1 is 1.13 bits per heavy atom. The summed E-state index contributed by atoms with van der Waals surface area (Å²) in [6.45, 7) is 4.84. The Labute approximate surface area is 236 Å². The quantitative estimate of drug-likeness (QED) is 0.412. The van der Waals surface area contributed by atoms with Crippen LogP contribution >= 0.6 is 22.9 Å². The number of hydrogen-bond acceptors (Lipinski definition) is 8. The Morgan fingerprint density at radius 2 is 1.95 bits per heavy atom. The number of benzene rings is 2. The molecular weight excluding hydrogens is 542 g/mol. The monoisotopic (exact) mass is 571 g/mol. The number of aromatic nitrogens is 1. The van der Waals surface area contributed by atoms with Gasteiger partial charge in [-0.25, -0.2) is 9.78 Å². The number of carbonyl (C=O) groups is 2. The largest absolute Gasteiger partial charge is 0.454 e. The van der Waals surface area contributed by atoms with E-state index in [9.17, 15) is 9.59 Å². The molecule has 3 aromatic rings. The van der Waals surface area contributed by atoms with Gasteiger partial charge in [0.25, 0.3) is 5.91 Å². The molecule has 0 bridgehead atoms. The minimum Gasteiger partial charge on any atom is -0.454 e. The number of nitrogens with one attached hydrogen (secondary N) is 1. The average molecular weight is 572 g/mol. The van der Waals surface area contributed by atoms with Gasteiger partial charge in [-0.3, -0.25) is 9.69 Å². The number of anilines is 1. The third-order valence-corrected chi connectivity index (χ3v) is 7.60. The summed E-state index contributed by atoms with van der Waals surface area (Å²) in [5.74, 6) is 1.47. The van der Waals surface area contributed by atoms with Crippen molar-refractivity contribution in [2.24, 2.45) is 0 Å². The topological polar surface area (TPSA) is 96.5 Å². The number of urea groups is 1. The van der Waals surface area contributed by atoms with Crippen LogP contribution in [0, 0.1) is 0 Å². The standard InChI is InChI=1S/C27H30ClN5O5S/c1-36-12-11-33(27(35)29-21-4-2-3-20(28)14-21)16-25-30-22(17-39-25)26(34)32-9-7-31(8-10-32)15-19-5-6-23-24(13-19)38-18-37-23/h2-6,13-14,17H,7-12,15-16,18H2,1H3,(H,29,35). The number of ether oxygens (including phenoxy) is 3. The van der Waals surface area contributed by atoms with Gasteiger partial charge in [0.05, 0.1) is 13.2 Å². The molecule has 0 aliphatic carbocycles. The van der Waals surface area contributed by atoms with Crippen LogP contribution in [0.25, 0.3) is 0 Å². The predicted octanol–water partition coefficient (Wildman–Crippen LogP) is 4.16. The van der Waals surface area contributed by atoms with Gasteiger partial charge in [0.2, 0.25) is 6.79 Å². The molecule has 206 valence electrons. The third-order valence-electron chi connectivity index (χ3n) is 6.53. The average Bonchev–Trinajstić information content (AvgIpc) is 3.60. The molecule has 2 aliphatic rings. The SMILES string of the molecule is COCCN(Cc1nc(C(=O)N2CCN(Cc3ccc4c(c3)OCO4)CC2)cs1)C(=O)Nc1cccc(Cl)c1. The number of rotatable bonds is 9. The van der Waals surface area contributed by atoms with Crippen molar-refractivity contribution in [1.82, 2.24) is 19.7 Å². The number of thiazole rings is 1. The number of halogens is 1. The lowest BCUT2D eigenvalue weighted by molar-refractivity contribution is 0.0623. The first-order valence-corrected chi connectivity index (χ1v) is 13.9. The number of carbonyl (C=O) groups excluding carboxylic acids is 2. The van der Waals surface area contributed by atoms with Crippen LogP contribution in [-0.2, 0) is 17.8 Å². The van der Waals surface area contributed by atoms with Gasteiger partial charge in [0.1, 0.15) is 10.7 Å². The van der Waals surface area contributed by atoms with Crippen LogP contribution in [0.4, 0.5) is 10.5 Å². The molecule has 2 aromatic carbocycles.